The molecule has 1 amide bonds. The zero-order chi connectivity index (χ0) is 15.3. The van der Waals surface area contributed by atoms with Crippen LogP contribution in [-0.2, 0) is 10.5 Å². The highest BCUT2D eigenvalue weighted by Crippen LogP contribution is 2.24. The molecular weight excluding hydrogens is 334 g/mol. The molecule has 0 saturated heterocycles. The Labute approximate surface area is 129 Å². The molecule has 0 aliphatic heterocycles. The van der Waals surface area contributed by atoms with Gasteiger partial charge in [-0.2, -0.15) is 13.2 Å². The fourth-order valence-corrected chi connectivity index (χ4v) is 2.59. The molecular formula is C12H12Cl2F3NOS. The minimum absolute atomic E-state index is 0.0210. The minimum atomic E-state index is -4.38. The van der Waals surface area contributed by atoms with E-state index < -0.39 is 18.6 Å². The molecule has 2 nitrogen and oxygen atoms in total. The van der Waals surface area contributed by atoms with Gasteiger partial charge < -0.3 is 4.90 Å². The van der Waals surface area contributed by atoms with Crippen molar-refractivity contribution in [2.24, 2.45) is 0 Å². The summed E-state index contributed by atoms with van der Waals surface area (Å²) in [6.45, 7) is -1.24. The first kappa shape index (κ1) is 17.5. The van der Waals surface area contributed by atoms with Gasteiger partial charge in [0.15, 0.2) is 0 Å². The van der Waals surface area contributed by atoms with E-state index in [1.165, 1.54) is 11.8 Å². The molecule has 0 atom stereocenters. The van der Waals surface area contributed by atoms with Gasteiger partial charge in [-0.05, 0) is 17.7 Å². The Morgan fingerprint density at radius 1 is 1.30 bits per heavy atom. The van der Waals surface area contributed by atoms with Gasteiger partial charge in [-0.15, -0.1) is 11.8 Å². The number of benzene rings is 1. The number of amides is 1. The smallest absolute Gasteiger partial charge is 0.336 e. The van der Waals surface area contributed by atoms with Gasteiger partial charge >= 0.3 is 6.18 Å². The average Bonchev–Trinajstić information content (AvgIpc) is 2.31. The second-order valence-electron chi connectivity index (χ2n) is 4.11. The molecule has 0 radical (unpaired) electrons. The molecule has 8 heteroatoms. The van der Waals surface area contributed by atoms with Gasteiger partial charge in [0, 0.05) is 12.8 Å². The fraction of sp³-hybridized carbons (Fsp3) is 0.417. The lowest BCUT2D eigenvalue weighted by atomic mass is 10.2. The number of alkyl halides is 3. The molecule has 0 fully saturated rings. The molecule has 0 aromatic heterocycles. The van der Waals surface area contributed by atoms with Gasteiger partial charge in [-0.1, -0.05) is 29.3 Å². The van der Waals surface area contributed by atoms with Crippen LogP contribution in [0.2, 0.25) is 10.0 Å². The molecule has 20 heavy (non-hydrogen) atoms. The van der Waals surface area contributed by atoms with E-state index in [0.717, 1.165) is 12.6 Å². The summed E-state index contributed by atoms with van der Waals surface area (Å²) in [6, 6.07) is 5.06. The molecule has 0 aliphatic rings. The molecule has 1 aromatic carbocycles. The Balaban J connectivity index is 2.40. The summed E-state index contributed by atoms with van der Waals surface area (Å²) in [5, 5.41) is 0.840. The van der Waals surface area contributed by atoms with Crippen LogP contribution in [0.1, 0.15) is 5.56 Å². The summed E-state index contributed by atoms with van der Waals surface area (Å²) in [5.41, 5.74) is 0.857. The van der Waals surface area contributed by atoms with Crippen LogP contribution in [0.3, 0.4) is 0 Å². The van der Waals surface area contributed by atoms with Crippen LogP contribution < -0.4 is 0 Å². The number of carbonyl (C=O) groups is 1. The number of halogens is 5. The van der Waals surface area contributed by atoms with Crippen LogP contribution in [0.15, 0.2) is 18.2 Å². The predicted molar refractivity (Wildman–Crippen MR) is 76.3 cm³/mol. The third-order valence-corrected chi connectivity index (χ3v) is 4.05. The lowest BCUT2D eigenvalue weighted by Gasteiger charge is -2.18. The lowest BCUT2D eigenvalue weighted by molar-refractivity contribution is -0.156. The lowest BCUT2D eigenvalue weighted by Crippen LogP contribution is -2.36. The molecule has 0 N–H and O–H groups in total. The summed E-state index contributed by atoms with van der Waals surface area (Å²) in [7, 11) is 1.13. The van der Waals surface area contributed by atoms with Crippen LogP contribution in [0.4, 0.5) is 13.2 Å². The van der Waals surface area contributed by atoms with E-state index in [0.29, 0.717) is 20.7 Å². The molecule has 0 unspecified atom stereocenters. The number of rotatable bonds is 5. The fourth-order valence-electron chi connectivity index (χ4n) is 1.35. The van der Waals surface area contributed by atoms with Crippen molar-refractivity contribution in [2.75, 3.05) is 19.3 Å². The van der Waals surface area contributed by atoms with Gasteiger partial charge in [-0.25, -0.2) is 0 Å². The normalized spacial score (nSPS) is 11.5. The van der Waals surface area contributed by atoms with Crippen molar-refractivity contribution in [1.82, 2.24) is 4.90 Å². The van der Waals surface area contributed by atoms with Crippen molar-refractivity contribution < 1.29 is 18.0 Å². The standard InChI is InChI=1S/C12H12Cl2F3NOS/c1-18(7-12(15,16)17)11(19)6-20-5-8-2-3-9(13)10(14)4-8/h2-4H,5-7H2,1H3. The average molecular weight is 346 g/mol. The summed E-state index contributed by atoms with van der Waals surface area (Å²) in [6.07, 6.45) is -4.38. The molecule has 0 spiro atoms. The van der Waals surface area contributed by atoms with Crippen molar-refractivity contribution in [1.29, 1.82) is 0 Å². The third kappa shape index (κ3) is 6.24. The van der Waals surface area contributed by atoms with E-state index in [9.17, 15) is 18.0 Å². The van der Waals surface area contributed by atoms with Crippen molar-refractivity contribution in [3.05, 3.63) is 33.8 Å². The zero-order valence-corrected chi connectivity index (χ0v) is 12.8. The van der Waals surface area contributed by atoms with Crippen molar-refractivity contribution in [3.63, 3.8) is 0 Å². The maximum absolute atomic E-state index is 12.1. The van der Waals surface area contributed by atoms with E-state index >= 15 is 0 Å². The molecule has 0 saturated carbocycles. The third-order valence-electron chi connectivity index (χ3n) is 2.32. The number of nitrogens with zero attached hydrogens (tertiary/aromatic N) is 1. The summed E-state index contributed by atoms with van der Waals surface area (Å²) in [5.74, 6) is -0.109. The van der Waals surface area contributed by atoms with Crippen molar-refractivity contribution >= 4 is 40.9 Å². The van der Waals surface area contributed by atoms with Crippen LogP contribution in [0.5, 0.6) is 0 Å². The summed E-state index contributed by atoms with van der Waals surface area (Å²) in [4.78, 5) is 12.2. The molecule has 0 bridgehead atoms. The number of carbonyl (C=O) groups excluding carboxylic acids is 1. The van der Waals surface area contributed by atoms with Crippen molar-refractivity contribution in [2.45, 2.75) is 11.9 Å². The Morgan fingerprint density at radius 2 is 1.95 bits per heavy atom. The maximum atomic E-state index is 12.1. The Morgan fingerprint density at radius 3 is 2.50 bits per heavy atom. The van der Waals surface area contributed by atoms with Gasteiger partial charge in [0.2, 0.25) is 5.91 Å². The van der Waals surface area contributed by atoms with Gasteiger partial charge in [0.1, 0.15) is 6.54 Å². The monoisotopic (exact) mass is 345 g/mol. The van der Waals surface area contributed by atoms with E-state index in [2.05, 4.69) is 0 Å². The molecule has 0 heterocycles. The number of hydrogen-bond acceptors (Lipinski definition) is 2. The number of thioether (sulfide) groups is 1. The summed E-state index contributed by atoms with van der Waals surface area (Å²) < 4.78 is 36.3. The second-order valence-corrected chi connectivity index (χ2v) is 5.91. The van der Waals surface area contributed by atoms with Crippen LogP contribution in [0.25, 0.3) is 0 Å². The molecule has 112 valence electrons. The van der Waals surface area contributed by atoms with Gasteiger partial charge in [0.25, 0.3) is 0 Å². The zero-order valence-electron chi connectivity index (χ0n) is 10.5. The quantitative estimate of drug-likeness (QED) is 0.795. The Bertz CT molecular complexity index is 482. The Kier molecular flexibility index (Phi) is 6.48. The van der Waals surface area contributed by atoms with Crippen LogP contribution >= 0.6 is 35.0 Å². The topological polar surface area (TPSA) is 20.3 Å². The highest BCUT2D eigenvalue weighted by Gasteiger charge is 2.30. The van der Waals surface area contributed by atoms with E-state index in [1.54, 1.807) is 18.2 Å². The van der Waals surface area contributed by atoms with E-state index in [-0.39, 0.29) is 5.75 Å². The SMILES string of the molecule is CN(CC(F)(F)F)C(=O)CSCc1ccc(Cl)c(Cl)c1. The highest BCUT2D eigenvalue weighted by atomic mass is 35.5. The Hall–Kier alpha value is -0.590. The van der Waals surface area contributed by atoms with E-state index in [4.69, 9.17) is 23.2 Å². The maximum Gasteiger partial charge on any atom is 0.406 e. The second kappa shape index (κ2) is 7.43. The first-order valence-electron chi connectivity index (χ1n) is 5.51. The van der Waals surface area contributed by atoms with Crippen LogP contribution in [0, 0.1) is 0 Å². The molecule has 1 aromatic rings. The van der Waals surface area contributed by atoms with Crippen molar-refractivity contribution in [3.8, 4) is 0 Å². The van der Waals surface area contributed by atoms with Crippen LogP contribution in [-0.4, -0.2) is 36.3 Å². The van der Waals surface area contributed by atoms with Gasteiger partial charge in [-0.3, -0.25) is 4.79 Å². The minimum Gasteiger partial charge on any atom is -0.336 e. The summed E-state index contributed by atoms with van der Waals surface area (Å²) >= 11 is 12.8. The highest BCUT2D eigenvalue weighted by molar-refractivity contribution is 7.99. The largest absolute Gasteiger partial charge is 0.406 e. The van der Waals surface area contributed by atoms with E-state index in [1.807, 2.05) is 0 Å². The molecule has 1 rings (SSSR count). The first-order valence-corrected chi connectivity index (χ1v) is 7.42. The predicted octanol–water partition coefficient (Wildman–Crippen LogP) is 4.25. The van der Waals surface area contributed by atoms with Gasteiger partial charge in [0.05, 0.1) is 15.8 Å². The first-order chi connectivity index (χ1) is 9.19. The molecule has 0 aliphatic carbocycles. The number of hydrogen-bond donors (Lipinski definition) is 0.